The van der Waals surface area contributed by atoms with Gasteiger partial charge in [-0.15, -0.1) is 0 Å². The minimum atomic E-state index is -1.00. The molecule has 1 aromatic heterocycles. The number of hydrogen-bond acceptors (Lipinski definition) is 5. The standard InChI is InChI=1S/C36H44FN3O4/c37-29-15-11-28(12-16-29)34(35(41)38-30-9-5-2-6-10-30)40(31-17-13-27(14-18-31)26-7-3-1-4-8-26)36(42)33-20-19-32(44-33)25-39-21-23-43-24-22-39/h11-20,26,30,34H,1-10,21-25H2,(H,38,41)/t34-/m0/s1. The lowest BCUT2D eigenvalue weighted by Gasteiger charge is -2.33. The van der Waals surface area contributed by atoms with E-state index in [1.165, 1.54) is 54.7 Å². The van der Waals surface area contributed by atoms with Crippen molar-refractivity contribution in [3.05, 3.63) is 89.1 Å². The van der Waals surface area contributed by atoms with E-state index in [1.54, 1.807) is 18.2 Å². The summed E-state index contributed by atoms with van der Waals surface area (Å²) >= 11 is 0. The van der Waals surface area contributed by atoms with Gasteiger partial charge in [-0.1, -0.05) is 62.8 Å². The van der Waals surface area contributed by atoms with Crippen molar-refractivity contribution in [3.8, 4) is 0 Å². The summed E-state index contributed by atoms with van der Waals surface area (Å²) in [5.41, 5.74) is 2.41. The molecular formula is C36H44FN3O4. The van der Waals surface area contributed by atoms with Crippen molar-refractivity contribution in [2.24, 2.45) is 0 Å². The Morgan fingerprint density at radius 1 is 0.841 bits per heavy atom. The van der Waals surface area contributed by atoms with Gasteiger partial charge in [-0.05, 0) is 79.1 Å². The Balaban J connectivity index is 1.35. The maximum absolute atomic E-state index is 14.5. The predicted molar refractivity (Wildman–Crippen MR) is 168 cm³/mol. The average molecular weight is 602 g/mol. The maximum Gasteiger partial charge on any atom is 0.294 e. The van der Waals surface area contributed by atoms with E-state index < -0.39 is 17.8 Å². The normalized spacial score (nSPS) is 19.4. The molecule has 0 bridgehead atoms. The van der Waals surface area contributed by atoms with Gasteiger partial charge in [0.2, 0.25) is 5.91 Å². The molecule has 234 valence electrons. The Hall–Kier alpha value is -3.49. The van der Waals surface area contributed by atoms with E-state index in [4.69, 9.17) is 9.15 Å². The van der Waals surface area contributed by atoms with Crippen molar-refractivity contribution >= 4 is 17.5 Å². The fourth-order valence-electron chi connectivity index (χ4n) is 6.99. The summed E-state index contributed by atoms with van der Waals surface area (Å²) < 4.78 is 25.7. The number of rotatable bonds is 9. The van der Waals surface area contributed by atoms with Gasteiger partial charge in [-0.25, -0.2) is 4.39 Å². The van der Waals surface area contributed by atoms with Crippen molar-refractivity contribution in [2.75, 3.05) is 31.2 Å². The molecule has 8 heteroatoms. The first kappa shape index (κ1) is 30.5. The first-order valence-electron chi connectivity index (χ1n) is 16.4. The second-order valence-corrected chi connectivity index (χ2v) is 12.6. The number of amides is 2. The van der Waals surface area contributed by atoms with Gasteiger partial charge in [0.05, 0.1) is 19.8 Å². The van der Waals surface area contributed by atoms with Crippen LogP contribution in [0.15, 0.2) is 65.1 Å². The molecule has 2 heterocycles. The third-order valence-corrected chi connectivity index (χ3v) is 9.47. The molecule has 2 aliphatic carbocycles. The summed E-state index contributed by atoms with van der Waals surface area (Å²) in [6.07, 6.45) is 11.2. The SMILES string of the molecule is O=C(NC1CCCCC1)[C@H](c1ccc(F)cc1)N(C(=O)c1ccc(CN2CCOCC2)o1)c1ccc(C2CCCCC2)cc1. The largest absolute Gasteiger partial charge is 0.455 e. The van der Waals surface area contributed by atoms with Crippen molar-refractivity contribution in [1.82, 2.24) is 10.2 Å². The van der Waals surface area contributed by atoms with E-state index in [1.807, 2.05) is 18.2 Å². The number of benzene rings is 2. The monoisotopic (exact) mass is 601 g/mol. The zero-order chi connectivity index (χ0) is 30.3. The smallest absolute Gasteiger partial charge is 0.294 e. The molecule has 1 N–H and O–H groups in total. The molecule has 2 amide bonds. The van der Waals surface area contributed by atoms with Crippen LogP contribution in [0.2, 0.25) is 0 Å². The molecule has 3 aliphatic rings. The molecule has 1 aliphatic heterocycles. The second kappa shape index (κ2) is 14.5. The molecule has 0 unspecified atom stereocenters. The van der Waals surface area contributed by atoms with Crippen LogP contribution >= 0.6 is 0 Å². The third kappa shape index (κ3) is 7.41. The van der Waals surface area contributed by atoms with E-state index in [-0.39, 0.29) is 17.7 Å². The highest BCUT2D eigenvalue weighted by Crippen LogP contribution is 2.36. The molecule has 3 fully saturated rings. The lowest BCUT2D eigenvalue weighted by atomic mass is 9.84. The van der Waals surface area contributed by atoms with Gasteiger partial charge in [0.25, 0.3) is 5.91 Å². The van der Waals surface area contributed by atoms with Crippen LogP contribution < -0.4 is 10.2 Å². The van der Waals surface area contributed by atoms with Gasteiger partial charge in [-0.3, -0.25) is 19.4 Å². The average Bonchev–Trinajstić information content (AvgIpc) is 3.54. The summed E-state index contributed by atoms with van der Waals surface area (Å²) in [5, 5.41) is 3.24. The summed E-state index contributed by atoms with van der Waals surface area (Å²) in [6.45, 7) is 3.53. The van der Waals surface area contributed by atoms with Gasteiger partial charge in [-0.2, -0.15) is 0 Å². The van der Waals surface area contributed by atoms with Crippen LogP contribution in [-0.2, 0) is 16.1 Å². The predicted octanol–water partition coefficient (Wildman–Crippen LogP) is 7.14. The molecule has 2 aromatic carbocycles. The number of nitrogens with zero attached hydrogens (tertiary/aromatic N) is 2. The fraction of sp³-hybridized carbons (Fsp3) is 0.500. The van der Waals surface area contributed by atoms with Crippen molar-refractivity contribution in [1.29, 1.82) is 0 Å². The topological polar surface area (TPSA) is 75.0 Å². The molecule has 7 nitrogen and oxygen atoms in total. The summed E-state index contributed by atoms with van der Waals surface area (Å²) in [6, 6.07) is 16.6. The van der Waals surface area contributed by atoms with Gasteiger partial charge >= 0.3 is 0 Å². The van der Waals surface area contributed by atoms with Gasteiger partial charge in [0.1, 0.15) is 17.6 Å². The molecule has 2 saturated carbocycles. The number of halogens is 1. The van der Waals surface area contributed by atoms with E-state index in [2.05, 4.69) is 22.3 Å². The number of ether oxygens (including phenoxy) is 1. The fourth-order valence-corrected chi connectivity index (χ4v) is 6.99. The summed E-state index contributed by atoms with van der Waals surface area (Å²) in [4.78, 5) is 32.4. The Bertz CT molecular complexity index is 1370. The number of nitrogens with one attached hydrogen (secondary N) is 1. The van der Waals surface area contributed by atoms with Gasteiger partial charge in [0, 0.05) is 24.8 Å². The highest BCUT2D eigenvalue weighted by Gasteiger charge is 2.36. The summed E-state index contributed by atoms with van der Waals surface area (Å²) in [7, 11) is 0. The Kier molecular flexibility index (Phi) is 10.1. The van der Waals surface area contributed by atoms with Crippen LogP contribution in [0.5, 0.6) is 0 Å². The first-order chi connectivity index (χ1) is 21.5. The van der Waals surface area contributed by atoms with Gasteiger partial charge < -0.3 is 14.5 Å². The molecule has 0 radical (unpaired) electrons. The van der Waals surface area contributed by atoms with Gasteiger partial charge in [0.15, 0.2) is 5.76 Å². The molecule has 3 aromatic rings. The lowest BCUT2D eigenvalue weighted by Crippen LogP contribution is -2.47. The second-order valence-electron chi connectivity index (χ2n) is 12.6. The molecule has 0 spiro atoms. The highest BCUT2D eigenvalue weighted by atomic mass is 19.1. The highest BCUT2D eigenvalue weighted by molar-refractivity contribution is 6.08. The van der Waals surface area contributed by atoms with Crippen molar-refractivity contribution < 1.29 is 23.1 Å². The third-order valence-electron chi connectivity index (χ3n) is 9.47. The van der Waals surface area contributed by atoms with Crippen molar-refractivity contribution in [2.45, 2.75) is 88.8 Å². The number of furan rings is 1. The summed E-state index contributed by atoms with van der Waals surface area (Å²) in [5.74, 6) is 0.297. The van der Waals surface area contributed by atoms with E-state index in [0.717, 1.165) is 45.2 Å². The first-order valence-corrected chi connectivity index (χ1v) is 16.4. The minimum absolute atomic E-state index is 0.0496. The number of carbonyl (C=O) groups is 2. The number of hydrogen-bond donors (Lipinski definition) is 1. The number of carbonyl (C=O) groups excluding carboxylic acids is 2. The van der Waals surface area contributed by atoms with Crippen LogP contribution in [0.4, 0.5) is 10.1 Å². The zero-order valence-electron chi connectivity index (χ0n) is 25.5. The molecule has 1 saturated heterocycles. The maximum atomic E-state index is 14.5. The van der Waals surface area contributed by atoms with Crippen LogP contribution in [0.3, 0.4) is 0 Å². The molecule has 6 rings (SSSR count). The van der Waals surface area contributed by atoms with Crippen LogP contribution in [0.1, 0.15) is 104 Å². The lowest BCUT2D eigenvalue weighted by molar-refractivity contribution is -0.123. The van der Waals surface area contributed by atoms with Crippen LogP contribution in [-0.4, -0.2) is 49.1 Å². The number of morpholine rings is 1. The molecule has 44 heavy (non-hydrogen) atoms. The Labute approximate surface area is 259 Å². The van der Waals surface area contributed by atoms with E-state index >= 15 is 0 Å². The number of anilines is 1. The van der Waals surface area contributed by atoms with E-state index in [0.29, 0.717) is 42.7 Å². The molecule has 1 atom stereocenters. The Morgan fingerprint density at radius 3 is 2.18 bits per heavy atom. The molecular weight excluding hydrogens is 557 g/mol. The zero-order valence-corrected chi connectivity index (χ0v) is 25.5. The van der Waals surface area contributed by atoms with Crippen molar-refractivity contribution in [3.63, 3.8) is 0 Å². The van der Waals surface area contributed by atoms with Crippen LogP contribution in [0, 0.1) is 5.82 Å². The van der Waals surface area contributed by atoms with Crippen LogP contribution in [0.25, 0.3) is 0 Å². The minimum Gasteiger partial charge on any atom is -0.455 e. The quantitative estimate of drug-likeness (QED) is 0.282. The van der Waals surface area contributed by atoms with E-state index in [9.17, 15) is 14.0 Å². The Morgan fingerprint density at radius 2 is 1.50 bits per heavy atom.